The molecule has 0 aliphatic heterocycles. The van der Waals surface area contributed by atoms with Gasteiger partial charge in [-0.15, -0.1) is 0 Å². The fourth-order valence-electron chi connectivity index (χ4n) is 2.73. The maximum Gasteiger partial charge on any atom is 0.312 e. The zero-order valence-electron chi connectivity index (χ0n) is 15.0. The molecule has 0 aliphatic rings. The lowest BCUT2D eigenvalue weighted by Gasteiger charge is -2.00. The van der Waals surface area contributed by atoms with Crippen molar-refractivity contribution in [2.45, 2.75) is 20.4 Å². The number of halogens is 2. The molecule has 3 aromatic rings. The van der Waals surface area contributed by atoms with Gasteiger partial charge in [-0.3, -0.25) is 19.6 Å². The second-order valence-corrected chi connectivity index (χ2v) is 6.88. The van der Waals surface area contributed by atoms with Gasteiger partial charge in [-0.05, 0) is 56.3 Å². The third-order valence-electron chi connectivity index (χ3n) is 4.12. The highest BCUT2D eigenvalue weighted by molar-refractivity contribution is 6.42. The first-order chi connectivity index (χ1) is 13.3. The predicted octanol–water partition coefficient (Wildman–Crippen LogP) is 5.25. The van der Waals surface area contributed by atoms with Crippen molar-refractivity contribution in [2.75, 3.05) is 0 Å². The van der Waals surface area contributed by atoms with E-state index >= 15 is 0 Å². The normalized spacial score (nSPS) is 11.3. The Kier molecular flexibility index (Phi) is 5.67. The Hall–Kier alpha value is -2.90. The molecule has 1 aromatic carbocycles. The number of hydrogen-bond donors (Lipinski definition) is 0. The zero-order chi connectivity index (χ0) is 20.4. The number of hydrogen-bond acceptors (Lipinski definition) is 5. The van der Waals surface area contributed by atoms with Crippen LogP contribution in [-0.2, 0) is 6.54 Å². The van der Waals surface area contributed by atoms with Gasteiger partial charge in [0, 0.05) is 5.56 Å². The summed E-state index contributed by atoms with van der Waals surface area (Å²) in [6.45, 7) is 3.47. The molecule has 0 bridgehead atoms. The molecule has 0 aliphatic carbocycles. The minimum atomic E-state index is -0.445. The summed E-state index contributed by atoms with van der Waals surface area (Å²) in [6.07, 6.45) is 2.91. The molecule has 0 unspecified atom stereocenters. The molecule has 144 valence electrons. The third-order valence-corrected chi connectivity index (χ3v) is 4.86. The number of carbonyl (C=O) groups is 1. The van der Waals surface area contributed by atoms with Gasteiger partial charge in [0.15, 0.2) is 5.78 Å². The predicted molar refractivity (Wildman–Crippen MR) is 106 cm³/mol. The summed E-state index contributed by atoms with van der Waals surface area (Å²) in [5, 5.41) is 16.0. The van der Waals surface area contributed by atoms with Crippen LogP contribution in [0.4, 0.5) is 5.69 Å². The molecule has 9 heteroatoms. The molecule has 0 radical (unpaired) electrons. The molecule has 2 aromatic heterocycles. The highest BCUT2D eigenvalue weighted by Crippen LogP contribution is 2.24. The summed E-state index contributed by atoms with van der Waals surface area (Å²) in [6, 6.07) is 8.08. The van der Waals surface area contributed by atoms with E-state index in [0.29, 0.717) is 38.5 Å². The second kappa shape index (κ2) is 8.00. The van der Waals surface area contributed by atoms with Crippen LogP contribution in [0.2, 0.25) is 10.0 Å². The Morgan fingerprint density at radius 1 is 1.25 bits per heavy atom. The van der Waals surface area contributed by atoms with Crippen LogP contribution in [0.1, 0.15) is 33.3 Å². The number of benzene rings is 1. The monoisotopic (exact) mass is 419 g/mol. The summed E-state index contributed by atoms with van der Waals surface area (Å²) in [7, 11) is 0. The maximum absolute atomic E-state index is 12.2. The number of carbonyl (C=O) groups excluding carboxylic acids is 1. The molecule has 0 saturated heterocycles. The van der Waals surface area contributed by atoms with Crippen LogP contribution in [0.3, 0.4) is 0 Å². The van der Waals surface area contributed by atoms with Crippen LogP contribution in [0.15, 0.2) is 40.8 Å². The fraction of sp³-hybridized carbons (Fsp3) is 0.158. The number of rotatable bonds is 6. The van der Waals surface area contributed by atoms with E-state index in [4.69, 9.17) is 27.6 Å². The number of nitrogens with zero attached hydrogens (tertiary/aromatic N) is 3. The van der Waals surface area contributed by atoms with E-state index in [2.05, 4.69) is 5.10 Å². The first kappa shape index (κ1) is 19.9. The van der Waals surface area contributed by atoms with Crippen molar-refractivity contribution in [1.82, 2.24) is 9.78 Å². The number of aromatic nitrogens is 2. The Bertz CT molecular complexity index is 1100. The van der Waals surface area contributed by atoms with Crippen molar-refractivity contribution >= 4 is 40.7 Å². The second-order valence-electron chi connectivity index (χ2n) is 6.06. The first-order valence-corrected chi connectivity index (χ1v) is 8.96. The van der Waals surface area contributed by atoms with Crippen molar-refractivity contribution in [2.24, 2.45) is 0 Å². The van der Waals surface area contributed by atoms with E-state index in [1.807, 2.05) is 0 Å². The van der Waals surface area contributed by atoms with Gasteiger partial charge in [-0.1, -0.05) is 23.2 Å². The van der Waals surface area contributed by atoms with Crippen LogP contribution in [0, 0.1) is 24.0 Å². The lowest BCUT2D eigenvalue weighted by molar-refractivity contribution is -0.386. The number of ketones is 1. The number of nitro groups is 1. The molecule has 7 nitrogen and oxygen atoms in total. The molecule has 0 N–H and O–H groups in total. The van der Waals surface area contributed by atoms with Crippen molar-refractivity contribution < 1.29 is 14.1 Å². The molecule has 0 amide bonds. The highest BCUT2D eigenvalue weighted by Gasteiger charge is 2.22. The van der Waals surface area contributed by atoms with Crippen molar-refractivity contribution in [1.29, 1.82) is 0 Å². The number of allylic oxidation sites excluding steroid dienone is 1. The van der Waals surface area contributed by atoms with Crippen molar-refractivity contribution in [3.63, 3.8) is 0 Å². The fourth-order valence-corrected chi connectivity index (χ4v) is 3.02. The highest BCUT2D eigenvalue weighted by atomic mass is 35.5. The smallest absolute Gasteiger partial charge is 0.312 e. The van der Waals surface area contributed by atoms with Gasteiger partial charge in [0.1, 0.15) is 22.9 Å². The van der Waals surface area contributed by atoms with Gasteiger partial charge in [0.2, 0.25) is 0 Å². The van der Waals surface area contributed by atoms with Gasteiger partial charge in [0.05, 0.1) is 21.5 Å². The first-order valence-electron chi connectivity index (χ1n) is 8.21. The summed E-state index contributed by atoms with van der Waals surface area (Å²) >= 11 is 11.8. The molecular weight excluding hydrogens is 405 g/mol. The molecular formula is C19H15Cl2N3O4. The largest absolute Gasteiger partial charge is 0.460 e. The van der Waals surface area contributed by atoms with E-state index in [0.717, 1.165) is 0 Å². The molecule has 0 atom stereocenters. The SMILES string of the molecule is Cc1nn(Cc2ccc(/C=C/C(=O)c3ccc(Cl)c(Cl)c3)o2)c(C)c1[N+](=O)[O-]. The van der Waals surface area contributed by atoms with Crippen molar-refractivity contribution in [3.8, 4) is 0 Å². The Labute approximate surface area is 170 Å². The van der Waals surface area contributed by atoms with E-state index < -0.39 is 4.92 Å². The Morgan fingerprint density at radius 3 is 2.64 bits per heavy atom. The van der Waals surface area contributed by atoms with Crippen LogP contribution in [-0.4, -0.2) is 20.5 Å². The third kappa shape index (κ3) is 4.16. The Balaban J connectivity index is 1.73. The van der Waals surface area contributed by atoms with Crippen LogP contribution < -0.4 is 0 Å². The average molecular weight is 420 g/mol. The quantitative estimate of drug-likeness (QED) is 0.235. The Morgan fingerprint density at radius 2 is 2.00 bits per heavy atom. The van der Waals surface area contributed by atoms with Gasteiger partial charge in [-0.2, -0.15) is 5.10 Å². The molecule has 0 saturated carbocycles. The van der Waals surface area contributed by atoms with Crippen molar-refractivity contribution in [3.05, 3.63) is 85.0 Å². The summed E-state index contributed by atoms with van der Waals surface area (Å²) in [5.74, 6) is 0.785. The summed E-state index contributed by atoms with van der Waals surface area (Å²) in [4.78, 5) is 22.9. The van der Waals surface area contributed by atoms with Gasteiger partial charge in [-0.25, -0.2) is 0 Å². The minimum Gasteiger partial charge on any atom is -0.460 e. The van der Waals surface area contributed by atoms with Crippen LogP contribution >= 0.6 is 23.2 Å². The molecule has 28 heavy (non-hydrogen) atoms. The lowest BCUT2D eigenvalue weighted by Crippen LogP contribution is -2.03. The van der Waals surface area contributed by atoms with E-state index in [9.17, 15) is 14.9 Å². The van der Waals surface area contributed by atoms with E-state index in [1.54, 1.807) is 38.1 Å². The van der Waals surface area contributed by atoms with E-state index in [1.165, 1.54) is 22.9 Å². The molecule has 0 fully saturated rings. The summed E-state index contributed by atoms with van der Waals surface area (Å²) in [5.41, 5.74) is 1.21. The zero-order valence-corrected chi connectivity index (χ0v) is 16.5. The van der Waals surface area contributed by atoms with E-state index in [-0.39, 0.29) is 18.0 Å². The molecule has 0 spiro atoms. The minimum absolute atomic E-state index is 0.00102. The van der Waals surface area contributed by atoms with Crippen LogP contribution in [0.5, 0.6) is 0 Å². The maximum atomic E-state index is 12.2. The molecule has 3 rings (SSSR count). The van der Waals surface area contributed by atoms with Gasteiger partial charge >= 0.3 is 5.69 Å². The number of aryl methyl sites for hydroxylation is 1. The lowest BCUT2D eigenvalue weighted by atomic mass is 10.1. The summed E-state index contributed by atoms with van der Waals surface area (Å²) < 4.78 is 7.18. The standard InChI is InChI=1S/C19H15Cl2N3O4/c1-11-19(24(26)27)12(2)23(22-11)10-15-5-4-14(28-15)6-8-18(25)13-3-7-16(20)17(21)9-13/h3-9H,10H2,1-2H3/b8-6+. The average Bonchev–Trinajstić information content (AvgIpc) is 3.19. The topological polar surface area (TPSA) is 91.2 Å². The molecule has 2 heterocycles. The van der Waals surface area contributed by atoms with Gasteiger partial charge < -0.3 is 4.42 Å². The van der Waals surface area contributed by atoms with Crippen LogP contribution in [0.25, 0.3) is 6.08 Å². The van der Waals surface area contributed by atoms with Gasteiger partial charge in [0.25, 0.3) is 0 Å². The number of furan rings is 1.